The summed E-state index contributed by atoms with van der Waals surface area (Å²) in [7, 11) is 0. The van der Waals surface area contributed by atoms with Gasteiger partial charge in [0.15, 0.2) is 11.6 Å². The third kappa shape index (κ3) is 6.63. The third-order valence-corrected chi connectivity index (χ3v) is 8.65. The zero-order chi connectivity index (χ0) is 30.9. The van der Waals surface area contributed by atoms with Crippen LogP contribution in [0.4, 0.5) is 8.78 Å². The number of hydrogen-bond acceptors (Lipinski definition) is 5. The molecule has 9 heteroatoms. The van der Waals surface area contributed by atoms with Gasteiger partial charge in [0.1, 0.15) is 18.2 Å². The number of halogens is 2. The summed E-state index contributed by atoms with van der Waals surface area (Å²) in [6.07, 6.45) is 6.16. The Bertz CT molecular complexity index is 1860. The van der Waals surface area contributed by atoms with Crippen molar-refractivity contribution in [1.82, 2.24) is 14.5 Å². The molecule has 7 nitrogen and oxygen atoms in total. The third-order valence-electron chi connectivity index (χ3n) is 8.65. The van der Waals surface area contributed by atoms with Crippen LogP contribution in [0.3, 0.4) is 0 Å². The van der Waals surface area contributed by atoms with Crippen LogP contribution in [0.25, 0.3) is 16.6 Å². The molecule has 0 bridgehead atoms. The largest absolute Gasteiger partial charge is 0.486 e. The van der Waals surface area contributed by atoms with Gasteiger partial charge in [0.05, 0.1) is 35.8 Å². The minimum atomic E-state index is -0.968. The molecular weight excluding hydrogens is 576 g/mol. The number of hydrogen-bond donors (Lipinski definition) is 1. The van der Waals surface area contributed by atoms with Crippen molar-refractivity contribution in [3.8, 4) is 17.6 Å². The maximum atomic E-state index is 14.7. The lowest BCUT2D eigenvalue weighted by molar-refractivity contribution is -0.0591. The van der Waals surface area contributed by atoms with Gasteiger partial charge < -0.3 is 19.1 Å². The SMILES string of the molecule is O=C(O)c1ccc2nc(CN3CC=C(c4ccc(F)c(OCc5ccc(C#CC6CC6)cc5F)c4)CC3)n(C[C@@H]3CCO3)c2c1. The summed E-state index contributed by atoms with van der Waals surface area (Å²) in [5.41, 5.74) is 4.72. The number of aromatic nitrogens is 2. The standard InChI is InChI=1S/C36H33F2N3O4/c37-30-9-7-26(19-34(30)45-22-28-6-5-24(17-31(28)38)4-3-23-1-2-23)25-11-14-40(15-12-25)21-35-39-32-10-8-27(36(42)43)18-33(32)41(35)20-29-13-16-44-29/h5-11,17-19,23,29H,1-2,12-16,20-22H2,(H,42,43)/t29-/m0/s1. The molecule has 0 radical (unpaired) electrons. The van der Waals surface area contributed by atoms with Gasteiger partial charge in [0.25, 0.3) is 0 Å². The van der Waals surface area contributed by atoms with Crippen LogP contribution < -0.4 is 4.74 Å². The zero-order valence-corrected chi connectivity index (χ0v) is 24.8. The van der Waals surface area contributed by atoms with Crippen LogP contribution in [-0.4, -0.2) is 51.3 Å². The van der Waals surface area contributed by atoms with E-state index in [-0.39, 0.29) is 24.0 Å². The fraction of sp³-hybridized carbons (Fsp3) is 0.333. The number of aromatic carboxylic acids is 1. The lowest BCUT2D eigenvalue weighted by atomic mass is 9.99. The highest BCUT2D eigenvalue weighted by molar-refractivity contribution is 5.92. The highest BCUT2D eigenvalue weighted by Crippen LogP contribution is 2.30. The monoisotopic (exact) mass is 609 g/mol. The van der Waals surface area contributed by atoms with E-state index >= 15 is 0 Å². The Kier molecular flexibility index (Phi) is 8.09. The molecule has 3 aromatic carbocycles. The van der Waals surface area contributed by atoms with Gasteiger partial charge in [0, 0.05) is 36.7 Å². The molecule has 3 aliphatic rings. The van der Waals surface area contributed by atoms with Gasteiger partial charge in [-0.05, 0) is 79.3 Å². The van der Waals surface area contributed by atoms with E-state index in [1.807, 2.05) is 0 Å². The normalized spacial score (nSPS) is 18.2. The predicted octanol–water partition coefficient (Wildman–Crippen LogP) is 6.43. The van der Waals surface area contributed by atoms with Crippen LogP contribution in [0.15, 0.2) is 60.7 Å². The Balaban J connectivity index is 1.03. The van der Waals surface area contributed by atoms with Gasteiger partial charge in [-0.25, -0.2) is 18.6 Å². The number of carboxylic acid groups (broad SMARTS) is 1. The molecule has 3 heterocycles. The molecule has 2 fully saturated rings. The van der Waals surface area contributed by atoms with Crippen LogP contribution in [0, 0.1) is 29.4 Å². The van der Waals surface area contributed by atoms with E-state index in [0.717, 1.165) is 66.8 Å². The molecule has 1 saturated carbocycles. The molecule has 1 aliphatic carbocycles. The van der Waals surface area contributed by atoms with Crippen molar-refractivity contribution in [2.45, 2.75) is 51.5 Å². The van der Waals surface area contributed by atoms with Gasteiger partial charge in [-0.1, -0.05) is 30.0 Å². The number of nitrogens with zero attached hydrogens (tertiary/aromatic N) is 3. The van der Waals surface area contributed by atoms with E-state index in [0.29, 0.717) is 36.7 Å². The molecule has 0 spiro atoms. The summed E-state index contributed by atoms with van der Waals surface area (Å²) in [6.45, 7) is 3.32. The van der Waals surface area contributed by atoms with E-state index in [1.54, 1.807) is 42.5 Å². The van der Waals surface area contributed by atoms with Crippen LogP contribution in [0.1, 0.15) is 58.6 Å². The average Bonchev–Trinajstić information content (AvgIpc) is 3.79. The molecule has 0 amide bonds. The molecular formula is C36H33F2N3O4. The second kappa shape index (κ2) is 12.5. The number of rotatable bonds is 9. The number of carboxylic acids is 1. The minimum absolute atomic E-state index is 0.0838. The van der Waals surface area contributed by atoms with E-state index in [9.17, 15) is 18.7 Å². The fourth-order valence-corrected chi connectivity index (χ4v) is 5.70. The van der Waals surface area contributed by atoms with E-state index in [4.69, 9.17) is 14.5 Å². The van der Waals surface area contributed by atoms with E-state index in [1.165, 1.54) is 12.1 Å². The number of fused-ring (bicyclic) bond motifs is 1. The smallest absolute Gasteiger partial charge is 0.335 e. The van der Waals surface area contributed by atoms with Gasteiger partial charge in [0.2, 0.25) is 0 Å². The topological polar surface area (TPSA) is 76.8 Å². The molecule has 230 valence electrons. The van der Waals surface area contributed by atoms with Crippen molar-refractivity contribution >= 4 is 22.6 Å². The van der Waals surface area contributed by atoms with Crippen LogP contribution in [0.2, 0.25) is 0 Å². The molecule has 1 saturated heterocycles. The zero-order valence-electron chi connectivity index (χ0n) is 24.8. The summed E-state index contributed by atoms with van der Waals surface area (Å²) in [6, 6.07) is 14.7. The van der Waals surface area contributed by atoms with E-state index in [2.05, 4.69) is 27.4 Å². The molecule has 1 atom stereocenters. The van der Waals surface area contributed by atoms with Crippen molar-refractivity contribution in [3.05, 3.63) is 100 Å². The number of imidazole rings is 1. The Hall–Kier alpha value is -4.52. The van der Waals surface area contributed by atoms with Gasteiger partial charge in [-0.3, -0.25) is 4.90 Å². The first-order valence-electron chi connectivity index (χ1n) is 15.4. The summed E-state index contributed by atoms with van der Waals surface area (Å²) in [4.78, 5) is 18.7. The van der Waals surface area contributed by atoms with Crippen molar-refractivity contribution in [1.29, 1.82) is 0 Å². The first kappa shape index (κ1) is 29.2. The summed E-state index contributed by atoms with van der Waals surface area (Å²) < 4.78 is 42.9. The highest BCUT2D eigenvalue weighted by atomic mass is 19.1. The van der Waals surface area contributed by atoms with Crippen LogP contribution in [0.5, 0.6) is 5.75 Å². The quantitative estimate of drug-likeness (QED) is 0.221. The Morgan fingerprint density at radius 3 is 2.64 bits per heavy atom. The van der Waals surface area contributed by atoms with E-state index < -0.39 is 17.6 Å². The average molecular weight is 610 g/mol. The Morgan fingerprint density at radius 2 is 1.93 bits per heavy atom. The maximum Gasteiger partial charge on any atom is 0.335 e. The summed E-state index contributed by atoms with van der Waals surface area (Å²) >= 11 is 0. The molecule has 0 unspecified atom stereocenters. The molecule has 45 heavy (non-hydrogen) atoms. The molecule has 1 N–H and O–H groups in total. The lowest BCUT2D eigenvalue weighted by Crippen LogP contribution is -2.33. The molecule has 4 aromatic rings. The number of carbonyl (C=O) groups is 1. The molecule has 2 aliphatic heterocycles. The summed E-state index contributed by atoms with van der Waals surface area (Å²) in [5, 5.41) is 9.51. The number of ether oxygens (including phenoxy) is 2. The first-order valence-corrected chi connectivity index (χ1v) is 15.4. The summed E-state index contributed by atoms with van der Waals surface area (Å²) in [5.74, 6) is 5.65. The van der Waals surface area contributed by atoms with Gasteiger partial charge in [-0.15, -0.1) is 0 Å². The molecule has 7 rings (SSSR count). The van der Waals surface area contributed by atoms with Crippen molar-refractivity contribution < 1.29 is 28.2 Å². The van der Waals surface area contributed by atoms with Crippen molar-refractivity contribution in [2.75, 3.05) is 19.7 Å². The number of benzene rings is 3. The Labute approximate surface area is 260 Å². The predicted molar refractivity (Wildman–Crippen MR) is 166 cm³/mol. The highest BCUT2D eigenvalue weighted by Gasteiger charge is 2.24. The second-order valence-corrected chi connectivity index (χ2v) is 11.9. The minimum Gasteiger partial charge on any atom is -0.486 e. The van der Waals surface area contributed by atoms with Crippen molar-refractivity contribution in [2.24, 2.45) is 5.92 Å². The lowest BCUT2D eigenvalue weighted by Gasteiger charge is -2.29. The second-order valence-electron chi connectivity index (χ2n) is 11.9. The van der Waals surface area contributed by atoms with Crippen LogP contribution in [-0.2, 0) is 24.4 Å². The van der Waals surface area contributed by atoms with Crippen LogP contribution >= 0.6 is 0 Å². The fourth-order valence-electron chi connectivity index (χ4n) is 5.70. The van der Waals surface area contributed by atoms with Gasteiger partial charge in [-0.2, -0.15) is 0 Å². The maximum absolute atomic E-state index is 14.7. The van der Waals surface area contributed by atoms with Gasteiger partial charge >= 0.3 is 5.97 Å². The first-order chi connectivity index (χ1) is 21.9. The van der Waals surface area contributed by atoms with Crippen molar-refractivity contribution in [3.63, 3.8) is 0 Å². The molecule has 1 aromatic heterocycles. The Morgan fingerprint density at radius 1 is 1.07 bits per heavy atom.